The maximum atomic E-state index is 12.6. The molecule has 0 spiro atoms. The summed E-state index contributed by atoms with van der Waals surface area (Å²) in [4.78, 5) is 10.8. The minimum Gasteiger partial charge on any atom is -0.481 e. The summed E-state index contributed by atoms with van der Waals surface area (Å²) in [5, 5.41) is 8.82. The number of carboxylic acid groups (broad SMARTS) is 1. The first-order valence-corrected chi connectivity index (χ1v) is 5.19. The second-order valence-corrected chi connectivity index (χ2v) is 4.44. The SMILES string of the molecule is CC1(C)C(OCC=C(F)CCl)C1C(=O)O. The summed E-state index contributed by atoms with van der Waals surface area (Å²) >= 11 is 5.23. The van der Waals surface area contributed by atoms with E-state index in [9.17, 15) is 9.18 Å². The highest BCUT2D eigenvalue weighted by atomic mass is 35.5. The smallest absolute Gasteiger partial charge is 0.309 e. The lowest BCUT2D eigenvalue weighted by Gasteiger charge is -2.01. The summed E-state index contributed by atoms with van der Waals surface area (Å²) in [5.41, 5.74) is -0.364. The second kappa shape index (κ2) is 4.49. The molecule has 15 heavy (non-hydrogen) atoms. The Bertz CT molecular complexity index is 288. The highest BCUT2D eigenvalue weighted by Gasteiger charge is 2.63. The van der Waals surface area contributed by atoms with Crippen molar-refractivity contribution in [2.24, 2.45) is 11.3 Å². The maximum Gasteiger partial charge on any atom is 0.309 e. The molecule has 0 heterocycles. The van der Waals surface area contributed by atoms with Crippen LogP contribution in [0.2, 0.25) is 0 Å². The number of carboxylic acids is 1. The molecule has 1 saturated carbocycles. The van der Waals surface area contributed by atoms with Gasteiger partial charge >= 0.3 is 5.97 Å². The molecule has 0 radical (unpaired) electrons. The Hall–Kier alpha value is -0.610. The number of hydrogen-bond donors (Lipinski definition) is 1. The van der Waals surface area contributed by atoms with Gasteiger partial charge < -0.3 is 9.84 Å². The van der Waals surface area contributed by atoms with E-state index in [0.29, 0.717) is 0 Å². The van der Waals surface area contributed by atoms with Gasteiger partial charge in [0.25, 0.3) is 0 Å². The fraction of sp³-hybridized carbons (Fsp3) is 0.700. The molecule has 2 atom stereocenters. The third-order valence-corrected chi connectivity index (χ3v) is 2.96. The van der Waals surface area contributed by atoms with E-state index in [0.717, 1.165) is 0 Å². The molecule has 1 aliphatic rings. The van der Waals surface area contributed by atoms with Gasteiger partial charge in [0.05, 0.1) is 24.5 Å². The number of hydrogen-bond acceptors (Lipinski definition) is 2. The van der Waals surface area contributed by atoms with Crippen molar-refractivity contribution in [2.45, 2.75) is 20.0 Å². The van der Waals surface area contributed by atoms with E-state index in [4.69, 9.17) is 21.4 Å². The van der Waals surface area contributed by atoms with Crippen LogP contribution in [0.3, 0.4) is 0 Å². The summed E-state index contributed by atoms with van der Waals surface area (Å²) in [6, 6.07) is 0. The van der Waals surface area contributed by atoms with Crippen molar-refractivity contribution in [3.8, 4) is 0 Å². The van der Waals surface area contributed by atoms with Gasteiger partial charge in [0.2, 0.25) is 0 Å². The first kappa shape index (κ1) is 12.5. The lowest BCUT2D eigenvalue weighted by Crippen LogP contribution is -2.05. The zero-order valence-corrected chi connectivity index (χ0v) is 9.42. The number of halogens is 2. The Labute approximate surface area is 92.9 Å². The number of allylic oxidation sites excluding steroid dienone is 1. The average Bonchev–Trinajstić information content (AvgIpc) is 2.68. The van der Waals surface area contributed by atoms with Crippen molar-refractivity contribution >= 4 is 17.6 Å². The van der Waals surface area contributed by atoms with E-state index in [1.165, 1.54) is 6.08 Å². The van der Waals surface area contributed by atoms with E-state index in [2.05, 4.69) is 0 Å². The van der Waals surface area contributed by atoms with Gasteiger partial charge in [-0.3, -0.25) is 4.79 Å². The van der Waals surface area contributed by atoms with Crippen LogP contribution in [-0.2, 0) is 9.53 Å². The summed E-state index contributed by atoms with van der Waals surface area (Å²) in [5.74, 6) is -2.00. The topological polar surface area (TPSA) is 46.5 Å². The number of carbonyl (C=O) groups is 1. The molecule has 0 saturated heterocycles. The van der Waals surface area contributed by atoms with Gasteiger partial charge in [-0.2, -0.15) is 0 Å². The van der Waals surface area contributed by atoms with Crippen LogP contribution >= 0.6 is 11.6 Å². The van der Waals surface area contributed by atoms with Gasteiger partial charge in [0.15, 0.2) is 0 Å². The third-order valence-electron chi connectivity index (χ3n) is 2.70. The highest BCUT2D eigenvalue weighted by Crippen LogP contribution is 2.54. The summed E-state index contributed by atoms with van der Waals surface area (Å²) in [6.07, 6.45) is 0.884. The highest BCUT2D eigenvalue weighted by molar-refractivity contribution is 6.19. The average molecular weight is 237 g/mol. The molecule has 0 amide bonds. The van der Waals surface area contributed by atoms with Crippen LogP contribution in [0.15, 0.2) is 11.9 Å². The van der Waals surface area contributed by atoms with E-state index in [1.54, 1.807) is 0 Å². The van der Waals surface area contributed by atoms with E-state index in [1.807, 2.05) is 13.8 Å². The van der Waals surface area contributed by atoms with E-state index >= 15 is 0 Å². The molecule has 0 aromatic rings. The minimum absolute atomic E-state index is 0.0659. The second-order valence-electron chi connectivity index (χ2n) is 4.18. The van der Waals surface area contributed by atoms with Crippen molar-refractivity contribution < 1.29 is 19.0 Å². The van der Waals surface area contributed by atoms with Gasteiger partial charge in [-0.05, 0) is 6.08 Å². The van der Waals surface area contributed by atoms with E-state index < -0.39 is 17.7 Å². The number of alkyl halides is 1. The van der Waals surface area contributed by atoms with Crippen LogP contribution in [0, 0.1) is 11.3 Å². The summed E-state index contributed by atoms with van der Waals surface area (Å²) in [6.45, 7) is 3.70. The van der Waals surface area contributed by atoms with Crippen LogP contribution in [0.4, 0.5) is 4.39 Å². The molecular formula is C10H14ClFO3. The number of aliphatic carboxylic acids is 1. The third kappa shape index (κ3) is 2.69. The monoisotopic (exact) mass is 236 g/mol. The molecule has 1 N–H and O–H groups in total. The Morgan fingerprint density at radius 2 is 2.27 bits per heavy atom. The molecule has 1 rings (SSSR count). The Morgan fingerprint density at radius 3 is 2.67 bits per heavy atom. The predicted octanol–water partition coefficient (Wildman–Crippen LogP) is 2.20. The van der Waals surface area contributed by atoms with Gasteiger partial charge in [-0.15, -0.1) is 11.6 Å². The van der Waals surface area contributed by atoms with Crippen LogP contribution in [0.5, 0.6) is 0 Å². The largest absolute Gasteiger partial charge is 0.481 e. The van der Waals surface area contributed by atoms with Crippen molar-refractivity contribution in [2.75, 3.05) is 12.5 Å². The molecule has 2 unspecified atom stereocenters. The zero-order chi connectivity index (χ0) is 11.6. The van der Waals surface area contributed by atoms with Gasteiger partial charge in [0, 0.05) is 5.41 Å². The predicted molar refractivity (Wildman–Crippen MR) is 54.6 cm³/mol. The van der Waals surface area contributed by atoms with Crippen LogP contribution in [0.25, 0.3) is 0 Å². The Kier molecular flexibility index (Phi) is 3.73. The molecule has 86 valence electrons. The summed E-state index contributed by atoms with van der Waals surface area (Å²) in [7, 11) is 0. The lowest BCUT2D eigenvalue weighted by molar-refractivity contribution is -0.140. The van der Waals surface area contributed by atoms with E-state index in [-0.39, 0.29) is 24.0 Å². The molecular weight excluding hydrogens is 223 g/mol. The fourth-order valence-electron chi connectivity index (χ4n) is 1.65. The number of rotatable bonds is 5. The summed E-state index contributed by atoms with van der Waals surface area (Å²) < 4.78 is 17.8. The molecule has 1 fully saturated rings. The number of ether oxygens (including phenoxy) is 1. The standard InChI is InChI=1S/C10H14ClFO3/c1-10(2)7(9(13)14)8(10)15-4-3-6(12)5-11/h3,7-8H,4-5H2,1-2H3,(H,13,14). The maximum absolute atomic E-state index is 12.6. The Balaban J connectivity index is 2.39. The van der Waals surface area contributed by atoms with Crippen molar-refractivity contribution in [3.05, 3.63) is 11.9 Å². The van der Waals surface area contributed by atoms with Gasteiger partial charge in [-0.25, -0.2) is 4.39 Å². The first-order chi connectivity index (χ1) is 6.91. The van der Waals surface area contributed by atoms with Crippen LogP contribution in [-0.4, -0.2) is 29.7 Å². The zero-order valence-electron chi connectivity index (χ0n) is 8.67. The molecule has 0 bridgehead atoms. The molecule has 0 aromatic carbocycles. The first-order valence-electron chi connectivity index (χ1n) is 4.66. The molecule has 0 aromatic heterocycles. The Morgan fingerprint density at radius 1 is 1.67 bits per heavy atom. The van der Waals surface area contributed by atoms with Crippen molar-refractivity contribution in [1.29, 1.82) is 0 Å². The van der Waals surface area contributed by atoms with Crippen LogP contribution in [0.1, 0.15) is 13.8 Å². The lowest BCUT2D eigenvalue weighted by atomic mass is 10.1. The normalized spacial score (nSPS) is 28.9. The molecule has 1 aliphatic carbocycles. The van der Waals surface area contributed by atoms with Crippen molar-refractivity contribution in [1.82, 2.24) is 0 Å². The van der Waals surface area contributed by atoms with Crippen LogP contribution < -0.4 is 0 Å². The molecule has 0 aliphatic heterocycles. The quantitative estimate of drug-likeness (QED) is 0.745. The molecule has 3 nitrogen and oxygen atoms in total. The minimum atomic E-state index is -0.869. The fourth-order valence-corrected chi connectivity index (χ4v) is 1.76. The van der Waals surface area contributed by atoms with Gasteiger partial charge in [0.1, 0.15) is 5.83 Å². The van der Waals surface area contributed by atoms with Gasteiger partial charge in [-0.1, -0.05) is 13.8 Å². The van der Waals surface area contributed by atoms with Crippen molar-refractivity contribution in [3.63, 3.8) is 0 Å². The molecule has 5 heteroatoms.